The summed E-state index contributed by atoms with van der Waals surface area (Å²) < 4.78 is 0. The first kappa shape index (κ1) is 7.98. The Kier molecular flexibility index (Phi) is 3.12. The van der Waals surface area contributed by atoms with Crippen molar-refractivity contribution in [1.82, 2.24) is 5.32 Å². The van der Waals surface area contributed by atoms with Crippen molar-refractivity contribution in [2.45, 2.75) is 31.4 Å². The zero-order valence-corrected chi connectivity index (χ0v) is 6.21. The number of aliphatic hydroxyl groups excluding tert-OH is 1. The Bertz CT molecular complexity index is 91.6. The van der Waals surface area contributed by atoms with Gasteiger partial charge in [-0.05, 0) is 32.4 Å². The highest BCUT2D eigenvalue weighted by atomic mass is 16.3. The van der Waals surface area contributed by atoms with Gasteiger partial charge in [0, 0.05) is 6.04 Å². The lowest BCUT2D eigenvalue weighted by molar-refractivity contribution is 0.0627. The molecular weight excluding hydrogens is 128 g/mol. The van der Waals surface area contributed by atoms with E-state index in [1.165, 1.54) is 0 Å². The molecule has 0 saturated heterocycles. The third-order valence-corrected chi connectivity index (χ3v) is 1.93. The molecule has 0 radical (unpaired) electrons. The number of nitrogens with two attached hydrogens (primary N) is 1. The second-order valence-corrected chi connectivity index (χ2v) is 2.92. The Morgan fingerprint density at radius 2 is 2.20 bits per heavy atom. The van der Waals surface area contributed by atoms with Crippen LogP contribution in [0.3, 0.4) is 0 Å². The molecule has 0 heterocycles. The maximum atomic E-state index is 8.91. The number of rotatable bonds is 4. The molecule has 0 bridgehead atoms. The summed E-state index contributed by atoms with van der Waals surface area (Å²) in [4.78, 5) is 0. The monoisotopic (exact) mass is 144 g/mol. The second-order valence-electron chi connectivity index (χ2n) is 2.92. The van der Waals surface area contributed by atoms with E-state index in [0.717, 1.165) is 32.4 Å². The van der Waals surface area contributed by atoms with Crippen LogP contribution in [0.15, 0.2) is 0 Å². The third kappa shape index (κ3) is 2.25. The number of nitrogens with one attached hydrogen (secondary N) is 1. The van der Waals surface area contributed by atoms with Crippen LogP contribution in [0.25, 0.3) is 0 Å². The topological polar surface area (TPSA) is 58.3 Å². The van der Waals surface area contributed by atoms with Crippen LogP contribution >= 0.6 is 0 Å². The zero-order valence-electron chi connectivity index (χ0n) is 6.21. The van der Waals surface area contributed by atoms with Crippen LogP contribution in [-0.4, -0.2) is 30.3 Å². The summed E-state index contributed by atoms with van der Waals surface area (Å²) in [6.07, 6.45) is 2.83. The van der Waals surface area contributed by atoms with Crippen molar-refractivity contribution in [3.05, 3.63) is 0 Å². The van der Waals surface area contributed by atoms with Gasteiger partial charge in [0.2, 0.25) is 0 Å². The molecule has 1 aliphatic carbocycles. The summed E-state index contributed by atoms with van der Waals surface area (Å²) in [5, 5.41) is 12.2. The molecule has 0 aliphatic heterocycles. The van der Waals surface area contributed by atoms with Gasteiger partial charge in [-0.2, -0.15) is 0 Å². The standard InChI is InChI=1S/C7H16N2O/c8-2-1-3-9-6-4-7(10)5-6/h6-7,9-10H,1-5,8H2. The van der Waals surface area contributed by atoms with Crippen molar-refractivity contribution >= 4 is 0 Å². The van der Waals surface area contributed by atoms with Crippen molar-refractivity contribution in [1.29, 1.82) is 0 Å². The van der Waals surface area contributed by atoms with Crippen LogP contribution in [0.2, 0.25) is 0 Å². The first-order valence-electron chi connectivity index (χ1n) is 3.94. The molecule has 0 aromatic rings. The Hall–Kier alpha value is -0.120. The van der Waals surface area contributed by atoms with Gasteiger partial charge in [-0.3, -0.25) is 0 Å². The van der Waals surface area contributed by atoms with E-state index in [1.54, 1.807) is 0 Å². The number of hydrogen-bond donors (Lipinski definition) is 3. The SMILES string of the molecule is NCCCNC1CC(O)C1. The Morgan fingerprint density at radius 3 is 2.70 bits per heavy atom. The molecule has 0 unspecified atom stereocenters. The van der Waals surface area contributed by atoms with Crippen molar-refractivity contribution < 1.29 is 5.11 Å². The molecule has 3 heteroatoms. The van der Waals surface area contributed by atoms with Crippen LogP contribution in [0, 0.1) is 0 Å². The molecule has 10 heavy (non-hydrogen) atoms. The smallest absolute Gasteiger partial charge is 0.0570 e. The molecular formula is C7H16N2O. The van der Waals surface area contributed by atoms with Gasteiger partial charge in [0.05, 0.1) is 6.10 Å². The van der Waals surface area contributed by atoms with E-state index in [0.29, 0.717) is 6.04 Å². The van der Waals surface area contributed by atoms with Gasteiger partial charge >= 0.3 is 0 Å². The molecule has 1 rings (SSSR count). The fourth-order valence-electron chi connectivity index (χ4n) is 1.16. The highest BCUT2D eigenvalue weighted by Gasteiger charge is 2.25. The van der Waals surface area contributed by atoms with E-state index in [4.69, 9.17) is 10.8 Å². The van der Waals surface area contributed by atoms with Crippen LogP contribution in [0.4, 0.5) is 0 Å². The maximum absolute atomic E-state index is 8.91. The zero-order chi connectivity index (χ0) is 7.40. The highest BCUT2D eigenvalue weighted by molar-refractivity contribution is 4.84. The Morgan fingerprint density at radius 1 is 1.50 bits per heavy atom. The summed E-state index contributed by atoms with van der Waals surface area (Å²) in [5.74, 6) is 0. The van der Waals surface area contributed by atoms with E-state index in [1.807, 2.05) is 0 Å². The fourth-order valence-corrected chi connectivity index (χ4v) is 1.16. The minimum absolute atomic E-state index is 0.0459. The van der Waals surface area contributed by atoms with E-state index < -0.39 is 0 Å². The minimum Gasteiger partial charge on any atom is -0.393 e. The predicted molar refractivity (Wildman–Crippen MR) is 40.7 cm³/mol. The van der Waals surface area contributed by atoms with Gasteiger partial charge < -0.3 is 16.2 Å². The van der Waals surface area contributed by atoms with Crippen molar-refractivity contribution in [2.75, 3.05) is 13.1 Å². The second kappa shape index (κ2) is 3.91. The van der Waals surface area contributed by atoms with E-state index in [9.17, 15) is 0 Å². The van der Waals surface area contributed by atoms with E-state index in [-0.39, 0.29) is 6.10 Å². The maximum Gasteiger partial charge on any atom is 0.0570 e. The molecule has 0 amide bonds. The molecule has 3 nitrogen and oxygen atoms in total. The quantitative estimate of drug-likeness (QED) is 0.464. The van der Waals surface area contributed by atoms with Crippen LogP contribution in [0.5, 0.6) is 0 Å². The van der Waals surface area contributed by atoms with Gasteiger partial charge in [-0.25, -0.2) is 0 Å². The number of aliphatic hydroxyl groups is 1. The molecule has 0 aromatic carbocycles. The normalized spacial score (nSPS) is 31.8. The van der Waals surface area contributed by atoms with E-state index >= 15 is 0 Å². The van der Waals surface area contributed by atoms with Gasteiger partial charge in [0.1, 0.15) is 0 Å². The minimum atomic E-state index is -0.0459. The van der Waals surface area contributed by atoms with Crippen molar-refractivity contribution in [2.24, 2.45) is 5.73 Å². The molecule has 60 valence electrons. The van der Waals surface area contributed by atoms with Crippen LogP contribution in [-0.2, 0) is 0 Å². The van der Waals surface area contributed by atoms with Crippen LogP contribution in [0.1, 0.15) is 19.3 Å². The summed E-state index contributed by atoms with van der Waals surface area (Å²) in [7, 11) is 0. The average Bonchev–Trinajstić information content (AvgIpc) is 1.85. The average molecular weight is 144 g/mol. The molecule has 1 saturated carbocycles. The predicted octanol–water partition coefficient (Wildman–Crippen LogP) is -0.552. The van der Waals surface area contributed by atoms with Gasteiger partial charge in [-0.15, -0.1) is 0 Å². The lowest BCUT2D eigenvalue weighted by atomic mass is 9.89. The largest absolute Gasteiger partial charge is 0.393 e. The van der Waals surface area contributed by atoms with Crippen molar-refractivity contribution in [3.63, 3.8) is 0 Å². The first-order valence-corrected chi connectivity index (χ1v) is 3.94. The molecule has 1 fully saturated rings. The van der Waals surface area contributed by atoms with Crippen LogP contribution < -0.4 is 11.1 Å². The third-order valence-electron chi connectivity index (χ3n) is 1.93. The van der Waals surface area contributed by atoms with Gasteiger partial charge in [0.15, 0.2) is 0 Å². The Labute approximate surface area is 61.6 Å². The lowest BCUT2D eigenvalue weighted by Crippen LogP contribution is -2.44. The summed E-state index contributed by atoms with van der Waals surface area (Å²) in [5.41, 5.74) is 5.31. The van der Waals surface area contributed by atoms with Crippen molar-refractivity contribution in [3.8, 4) is 0 Å². The summed E-state index contributed by atoms with van der Waals surface area (Å²) >= 11 is 0. The molecule has 4 N–H and O–H groups in total. The van der Waals surface area contributed by atoms with E-state index in [2.05, 4.69) is 5.32 Å². The summed E-state index contributed by atoms with van der Waals surface area (Å²) in [6, 6.07) is 0.557. The molecule has 0 spiro atoms. The molecule has 0 atom stereocenters. The molecule has 0 aromatic heterocycles. The lowest BCUT2D eigenvalue weighted by Gasteiger charge is -2.32. The summed E-state index contributed by atoms with van der Waals surface area (Å²) in [6.45, 7) is 1.75. The van der Waals surface area contributed by atoms with Gasteiger partial charge in [0.25, 0.3) is 0 Å². The number of hydrogen-bond acceptors (Lipinski definition) is 3. The van der Waals surface area contributed by atoms with Gasteiger partial charge in [-0.1, -0.05) is 0 Å². The molecule has 1 aliphatic rings. The Balaban J connectivity index is 1.86. The highest BCUT2D eigenvalue weighted by Crippen LogP contribution is 2.18. The fraction of sp³-hybridized carbons (Fsp3) is 1.00. The first-order chi connectivity index (χ1) is 4.83.